The molecule has 0 saturated heterocycles. The Hall–Kier alpha value is -4.11. The van der Waals surface area contributed by atoms with Crippen LogP contribution in [0.3, 0.4) is 0 Å². The van der Waals surface area contributed by atoms with Gasteiger partial charge in [0.1, 0.15) is 5.75 Å². The lowest BCUT2D eigenvalue weighted by molar-refractivity contribution is -0.134. The Morgan fingerprint density at radius 2 is 1.45 bits per heavy atom. The van der Waals surface area contributed by atoms with E-state index in [0.717, 1.165) is 29.9 Å². The first-order chi connectivity index (χ1) is 18.6. The highest BCUT2D eigenvalue weighted by Crippen LogP contribution is 2.35. The zero-order valence-electron chi connectivity index (χ0n) is 23.0. The van der Waals surface area contributed by atoms with Crippen LogP contribution in [0.5, 0.6) is 5.75 Å². The van der Waals surface area contributed by atoms with E-state index in [2.05, 4.69) is 97.7 Å². The van der Waals surface area contributed by atoms with E-state index in [0.29, 0.717) is 18.1 Å². The molecule has 3 aromatic carbocycles. The fourth-order valence-corrected chi connectivity index (χ4v) is 4.39. The standard InChI is InChI=1S/C35H39NO2/c1-5-9-10-12-16-30(29(7-3)15-6-2)27-28-19-21-32(22-20-28)36(31-17-13-11-14-18-31)33-23-25-34(26-24-33)38-35(37)8-4/h5-7,9-15,17-26,30H,8,16,27H2,1-4H3. The number of carbonyl (C=O) groups excluding carboxylic acids is 1. The molecular formula is C35H39NO2. The molecule has 196 valence electrons. The molecule has 0 bridgehead atoms. The second kappa shape index (κ2) is 15.2. The van der Waals surface area contributed by atoms with E-state index in [-0.39, 0.29) is 5.97 Å². The summed E-state index contributed by atoms with van der Waals surface area (Å²) in [5.74, 6) is 0.728. The average molecular weight is 506 g/mol. The maximum absolute atomic E-state index is 11.7. The van der Waals surface area contributed by atoms with Gasteiger partial charge in [-0.3, -0.25) is 4.79 Å². The van der Waals surface area contributed by atoms with Gasteiger partial charge in [0.15, 0.2) is 0 Å². The summed E-state index contributed by atoms with van der Waals surface area (Å²) in [6.07, 6.45) is 17.4. The summed E-state index contributed by atoms with van der Waals surface area (Å²) in [7, 11) is 0. The van der Waals surface area contributed by atoms with Crippen molar-refractivity contribution in [2.45, 2.75) is 47.0 Å². The highest BCUT2D eigenvalue weighted by atomic mass is 16.5. The Balaban J connectivity index is 1.88. The van der Waals surface area contributed by atoms with Gasteiger partial charge in [0.05, 0.1) is 0 Å². The van der Waals surface area contributed by atoms with Crippen LogP contribution in [-0.4, -0.2) is 5.97 Å². The molecule has 0 spiro atoms. The molecule has 3 nitrogen and oxygen atoms in total. The van der Waals surface area contributed by atoms with Gasteiger partial charge in [0.25, 0.3) is 0 Å². The number of nitrogens with zero attached hydrogens (tertiary/aromatic N) is 1. The Morgan fingerprint density at radius 3 is 2.03 bits per heavy atom. The van der Waals surface area contributed by atoms with Gasteiger partial charge in [-0.05, 0) is 99.2 Å². The summed E-state index contributed by atoms with van der Waals surface area (Å²) in [6.45, 7) is 8.02. The third-order valence-corrected chi connectivity index (χ3v) is 6.33. The molecule has 0 heterocycles. The molecule has 3 heteroatoms. The minimum atomic E-state index is -0.237. The molecule has 0 amide bonds. The van der Waals surface area contributed by atoms with Crippen LogP contribution in [-0.2, 0) is 11.2 Å². The van der Waals surface area contributed by atoms with E-state index in [9.17, 15) is 4.79 Å². The van der Waals surface area contributed by atoms with Gasteiger partial charge in [0, 0.05) is 23.5 Å². The molecule has 0 aliphatic carbocycles. The van der Waals surface area contributed by atoms with E-state index in [1.807, 2.05) is 49.4 Å². The molecule has 0 N–H and O–H groups in total. The molecule has 38 heavy (non-hydrogen) atoms. The highest BCUT2D eigenvalue weighted by Gasteiger charge is 2.15. The Kier molecular flexibility index (Phi) is 11.4. The first-order valence-corrected chi connectivity index (χ1v) is 13.4. The van der Waals surface area contributed by atoms with E-state index in [1.165, 1.54) is 11.1 Å². The van der Waals surface area contributed by atoms with E-state index >= 15 is 0 Å². The number of benzene rings is 3. The van der Waals surface area contributed by atoms with Crippen LogP contribution in [0.25, 0.3) is 0 Å². The SMILES string of the molecule is CC=CC=CCC(Cc1ccc(N(c2ccccc2)c2ccc(OC(=O)CC)cc2)cc1)C(C=CC)=CC. The first-order valence-electron chi connectivity index (χ1n) is 13.4. The van der Waals surface area contributed by atoms with E-state index in [4.69, 9.17) is 4.74 Å². The number of esters is 1. The molecule has 0 aliphatic heterocycles. The minimum Gasteiger partial charge on any atom is -0.427 e. The molecule has 1 atom stereocenters. The van der Waals surface area contributed by atoms with Gasteiger partial charge >= 0.3 is 5.97 Å². The quantitative estimate of drug-likeness (QED) is 0.139. The zero-order chi connectivity index (χ0) is 27.2. The van der Waals surface area contributed by atoms with Crippen molar-refractivity contribution in [1.82, 2.24) is 0 Å². The van der Waals surface area contributed by atoms with Crippen LogP contribution in [0, 0.1) is 5.92 Å². The summed E-state index contributed by atoms with van der Waals surface area (Å²) >= 11 is 0. The second-order valence-electron chi connectivity index (χ2n) is 9.04. The first kappa shape index (κ1) is 28.5. The summed E-state index contributed by atoms with van der Waals surface area (Å²) < 4.78 is 5.37. The van der Waals surface area contributed by atoms with Crippen molar-refractivity contribution < 1.29 is 9.53 Å². The molecule has 1 unspecified atom stereocenters. The monoisotopic (exact) mass is 505 g/mol. The van der Waals surface area contributed by atoms with Crippen molar-refractivity contribution in [3.63, 3.8) is 0 Å². The predicted molar refractivity (Wildman–Crippen MR) is 161 cm³/mol. The lowest BCUT2D eigenvalue weighted by Crippen LogP contribution is -2.11. The van der Waals surface area contributed by atoms with E-state index < -0.39 is 0 Å². The van der Waals surface area contributed by atoms with Crippen LogP contribution >= 0.6 is 0 Å². The maximum Gasteiger partial charge on any atom is 0.310 e. The molecule has 0 fully saturated rings. The van der Waals surface area contributed by atoms with Crippen LogP contribution in [0.2, 0.25) is 0 Å². The van der Waals surface area contributed by atoms with Crippen molar-refractivity contribution in [2.75, 3.05) is 4.90 Å². The van der Waals surface area contributed by atoms with Gasteiger partial charge in [-0.1, -0.05) is 79.8 Å². The predicted octanol–water partition coefficient (Wildman–Crippen LogP) is 9.68. The summed E-state index contributed by atoms with van der Waals surface area (Å²) in [5, 5.41) is 0. The maximum atomic E-state index is 11.7. The summed E-state index contributed by atoms with van der Waals surface area (Å²) in [6, 6.07) is 26.8. The smallest absolute Gasteiger partial charge is 0.310 e. The van der Waals surface area contributed by atoms with Gasteiger partial charge in [0.2, 0.25) is 0 Å². The van der Waals surface area contributed by atoms with Gasteiger partial charge in [-0.15, -0.1) is 0 Å². The lowest BCUT2D eigenvalue weighted by Gasteiger charge is -2.26. The number of ether oxygens (including phenoxy) is 1. The number of allylic oxidation sites excluding steroid dienone is 8. The number of hydrogen-bond donors (Lipinski definition) is 0. The second-order valence-corrected chi connectivity index (χ2v) is 9.04. The van der Waals surface area contributed by atoms with Crippen LogP contribution in [0.1, 0.15) is 46.1 Å². The minimum absolute atomic E-state index is 0.237. The zero-order valence-corrected chi connectivity index (χ0v) is 23.0. The molecule has 3 rings (SSSR count). The number of carbonyl (C=O) groups is 1. The van der Waals surface area contributed by atoms with Crippen molar-refractivity contribution in [3.8, 4) is 5.75 Å². The Labute approximate surface area is 228 Å². The number of anilines is 3. The third-order valence-electron chi connectivity index (χ3n) is 6.33. The Morgan fingerprint density at radius 1 is 0.816 bits per heavy atom. The summed E-state index contributed by atoms with van der Waals surface area (Å²) in [4.78, 5) is 13.9. The lowest BCUT2D eigenvalue weighted by atomic mass is 9.88. The molecule has 0 radical (unpaired) electrons. The normalized spacial score (nSPS) is 12.9. The largest absolute Gasteiger partial charge is 0.427 e. The number of para-hydroxylation sites is 1. The molecule has 0 saturated carbocycles. The Bertz CT molecular complexity index is 1250. The fraction of sp³-hybridized carbons (Fsp3) is 0.229. The van der Waals surface area contributed by atoms with Crippen LogP contribution in [0.15, 0.2) is 127 Å². The summed E-state index contributed by atoms with van der Waals surface area (Å²) in [5.41, 5.74) is 5.79. The number of rotatable bonds is 12. The molecular weight excluding hydrogens is 466 g/mol. The highest BCUT2D eigenvalue weighted by molar-refractivity contribution is 5.77. The van der Waals surface area contributed by atoms with Crippen LogP contribution in [0.4, 0.5) is 17.1 Å². The third kappa shape index (κ3) is 8.21. The van der Waals surface area contributed by atoms with E-state index in [1.54, 1.807) is 6.92 Å². The molecule has 0 aromatic heterocycles. The van der Waals surface area contributed by atoms with Crippen LogP contribution < -0.4 is 9.64 Å². The molecule has 3 aromatic rings. The number of hydrogen-bond acceptors (Lipinski definition) is 3. The molecule has 0 aliphatic rings. The topological polar surface area (TPSA) is 29.5 Å². The van der Waals surface area contributed by atoms with Crippen molar-refractivity contribution in [2.24, 2.45) is 5.92 Å². The van der Waals surface area contributed by atoms with Gasteiger partial charge in [-0.2, -0.15) is 0 Å². The average Bonchev–Trinajstić information content (AvgIpc) is 2.96. The van der Waals surface area contributed by atoms with Crippen molar-refractivity contribution in [3.05, 3.63) is 133 Å². The fourth-order valence-electron chi connectivity index (χ4n) is 4.39. The van der Waals surface area contributed by atoms with Gasteiger partial charge < -0.3 is 9.64 Å². The van der Waals surface area contributed by atoms with Gasteiger partial charge in [-0.25, -0.2) is 0 Å². The van der Waals surface area contributed by atoms with Crippen molar-refractivity contribution in [1.29, 1.82) is 0 Å². The van der Waals surface area contributed by atoms with Crippen molar-refractivity contribution >= 4 is 23.0 Å².